The molecule has 4 nitrogen and oxygen atoms in total. The van der Waals surface area contributed by atoms with Gasteiger partial charge in [0.2, 0.25) is 0 Å². The average Bonchev–Trinajstić information content (AvgIpc) is 3.58. The topological polar surface area (TPSA) is 54.4 Å². The van der Waals surface area contributed by atoms with E-state index in [1.807, 2.05) is 43.3 Å². The van der Waals surface area contributed by atoms with Gasteiger partial charge in [-0.05, 0) is 54.5 Å². The zero-order valence-electron chi connectivity index (χ0n) is 17.7. The number of amides is 1. The summed E-state index contributed by atoms with van der Waals surface area (Å²) in [7, 11) is 0. The lowest BCUT2D eigenvalue weighted by atomic mass is 10.0. The normalized spacial score (nSPS) is 14.6. The number of hydrogen-bond acceptors (Lipinski definition) is 3. The molecule has 1 aliphatic carbocycles. The Balaban J connectivity index is 1.48. The maximum atomic E-state index is 12.8. The molecule has 0 unspecified atom stereocenters. The number of nitrogens with zero attached hydrogens (tertiary/aromatic N) is 2. The molecule has 1 saturated carbocycles. The molecule has 0 atom stereocenters. The number of hydrogen-bond donors (Lipinski definition) is 1. The van der Waals surface area contributed by atoms with Crippen LogP contribution in [0.5, 0.6) is 0 Å². The van der Waals surface area contributed by atoms with Gasteiger partial charge in [0.1, 0.15) is 0 Å². The van der Waals surface area contributed by atoms with E-state index in [1.54, 1.807) is 6.21 Å². The van der Waals surface area contributed by atoms with Crippen LogP contribution in [0, 0.1) is 0 Å². The van der Waals surface area contributed by atoms with Crippen molar-refractivity contribution in [3.63, 3.8) is 0 Å². The fourth-order valence-electron chi connectivity index (χ4n) is 3.50. The van der Waals surface area contributed by atoms with Gasteiger partial charge in [-0.3, -0.25) is 9.78 Å². The molecule has 0 aliphatic heterocycles. The third-order valence-electron chi connectivity index (χ3n) is 5.41. The van der Waals surface area contributed by atoms with Crippen molar-refractivity contribution < 1.29 is 4.79 Å². The highest BCUT2D eigenvalue weighted by atomic mass is 16.2. The fraction of sp³-hybridized carbons (Fsp3) is 0.269. The third-order valence-corrected chi connectivity index (χ3v) is 5.41. The molecule has 1 fully saturated rings. The second-order valence-corrected chi connectivity index (χ2v) is 8.29. The van der Waals surface area contributed by atoms with Gasteiger partial charge in [-0.15, -0.1) is 0 Å². The molecule has 4 rings (SSSR count). The molecule has 30 heavy (non-hydrogen) atoms. The van der Waals surface area contributed by atoms with Gasteiger partial charge in [0, 0.05) is 17.0 Å². The molecule has 0 radical (unpaired) electrons. The van der Waals surface area contributed by atoms with Crippen LogP contribution in [0.2, 0.25) is 0 Å². The van der Waals surface area contributed by atoms with E-state index in [2.05, 4.69) is 48.6 Å². The highest BCUT2D eigenvalue weighted by molar-refractivity contribution is 6.06. The van der Waals surface area contributed by atoms with E-state index >= 15 is 0 Å². The highest BCUT2D eigenvalue weighted by Gasteiger charge is 2.26. The Hall–Kier alpha value is -3.27. The summed E-state index contributed by atoms with van der Waals surface area (Å²) >= 11 is 0. The summed E-state index contributed by atoms with van der Waals surface area (Å²) in [4.78, 5) is 17.5. The third kappa shape index (κ3) is 4.65. The van der Waals surface area contributed by atoms with Gasteiger partial charge in [0.05, 0.1) is 17.3 Å². The van der Waals surface area contributed by atoms with Crippen molar-refractivity contribution in [2.75, 3.05) is 0 Å². The Morgan fingerprint density at radius 1 is 1.13 bits per heavy atom. The molecule has 1 aromatic heterocycles. The largest absolute Gasteiger partial charge is 0.272 e. The molecule has 4 heteroatoms. The Labute approximate surface area is 177 Å². The number of benzene rings is 2. The van der Waals surface area contributed by atoms with Crippen molar-refractivity contribution in [2.45, 2.75) is 45.4 Å². The first kappa shape index (κ1) is 20.0. The first-order valence-electron chi connectivity index (χ1n) is 10.5. The van der Waals surface area contributed by atoms with Gasteiger partial charge in [-0.1, -0.05) is 62.4 Å². The first-order valence-corrected chi connectivity index (χ1v) is 10.5. The lowest BCUT2D eigenvalue weighted by Crippen LogP contribution is -2.18. The number of nitrogens with one attached hydrogen (secondary N) is 1. The molecule has 3 aromatic rings. The van der Waals surface area contributed by atoms with Crippen LogP contribution in [0.25, 0.3) is 17.0 Å². The molecule has 1 aliphatic rings. The summed E-state index contributed by atoms with van der Waals surface area (Å²) in [5, 5.41) is 5.03. The second-order valence-electron chi connectivity index (χ2n) is 8.29. The van der Waals surface area contributed by atoms with Gasteiger partial charge in [-0.2, -0.15) is 5.10 Å². The van der Waals surface area contributed by atoms with Crippen LogP contribution < -0.4 is 5.43 Å². The maximum Gasteiger partial charge on any atom is 0.272 e. The van der Waals surface area contributed by atoms with Gasteiger partial charge in [0.25, 0.3) is 5.91 Å². The Bertz CT molecular complexity index is 1120. The number of allylic oxidation sites excluding steroid dienone is 1. The van der Waals surface area contributed by atoms with Crippen molar-refractivity contribution in [3.8, 4) is 0 Å². The van der Waals surface area contributed by atoms with E-state index in [1.165, 1.54) is 5.56 Å². The average molecular weight is 398 g/mol. The van der Waals surface area contributed by atoms with Crippen molar-refractivity contribution in [3.05, 3.63) is 82.6 Å². The predicted octanol–water partition coefficient (Wildman–Crippen LogP) is 6.05. The monoisotopic (exact) mass is 397 g/mol. The lowest BCUT2D eigenvalue weighted by molar-refractivity contribution is 0.0956. The van der Waals surface area contributed by atoms with E-state index in [0.29, 0.717) is 17.4 Å². The molecule has 2 aromatic carbocycles. The smallest absolute Gasteiger partial charge is 0.267 e. The molecule has 0 bridgehead atoms. The van der Waals surface area contributed by atoms with Crippen molar-refractivity contribution >= 4 is 29.1 Å². The summed E-state index contributed by atoms with van der Waals surface area (Å²) in [6, 6.07) is 18.2. The lowest BCUT2D eigenvalue weighted by Gasteiger charge is -2.08. The zero-order chi connectivity index (χ0) is 21.1. The van der Waals surface area contributed by atoms with E-state index in [-0.39, 0.29) is 5.91 Å². The first-order chi connectivity index (χ1) is 14.5. The SMILES string of the molecule is C/C(C=NNC(=O)c1cc(C2CC2)nc2ccccc12)=C\c1ccc(C(C)C)cc1. The summed E-state index contributed by atoms with van der Waals surface area (Å²) < 4.78 is 0. The van der Waals surface area contributed by atoms with E-state index in [4.69, 9.17) is 4.98 Å². The molecule has 1 amide bonds. The van der Waals surface area contributed by atoms with Crippen molar-refractivity contribution in [2.24, 2.45) is 5.10 Å². The van der Waals surface area contributed by atoms with E-state index in [0.717, 1.165) is 40.6 Å². The fourth-order valence-corrected chi connectivity index (χ4v) is 3.50. The summed E-state index contributed by atoms with van der Waals surface area (Å²) in [5.41, 5.74) is 8.57. The minimum absolute atomic E-state index is 0.208. The van der Waals surface area contributed by atoms with Gasteiger partial charge < -0.3 is 0 Å². The van der Waals surface area contributed by atoms with Crippen LogP contribution in [-0.2, 0) is 0 Å². The summed E-state index contributed by atoms with van der Waals surface area (Å²) in [6.45, 7) is 6.34. The number of aromatic nitrogens is 1. The summed E-state index contributed by atoms with van der Waals surface area (Å²) in [6.07, 6.45) is 6.02. The quantitative estimate of drug-likeness (QED) is 0.406. The Kier molecular flexibility index (Phi) is 5.75. The van der Waals surface area contributed by atoms with Gasteiger partial charge in [0.15, 0.2) is 0 Å². The van der Waals surface area contributed by atoms with Crippen molar-refractivity contribution in [1.29, 1.82) is 0 Å². The molecule has 1 N–H and O–H groups in total. The Morgan fingerprint density at radius 3 is 2.57 bits per heavy atom. The number of fused-ring (bicyclic) bond motifs is 1. The number of carbonyl (C=O) groups excluding carboxylic acids is 1. The maximum absolute atomic E-state index is 12.8. The molecule has 0 saturated heterocycles. The number of rotatable bonds is 6. The van der Waals surface area contributed by atoms with Gasteiger partial charge >= 0.3 is 0 Å². The zero-order valence-corrected chi connectivity index (χ0v) is 17.7. The van der Waals surface area contributed by atoms with Crippen LogP contribution in [0.1, 0.15) is 72.6 Å². The van der Waals surface area contributed by atoms with Crippen molar-refractivity contribution in [1.82, 2.24) is 10.4 Å². The minimum atomic E-state index is -0.208. The van der Waals surface area contributed by atoms with Crippen LogP contribution in [-0.4, -0.2) is 17.1 Å². The number of pyridine rings is 1. The molecule has 152 valence electrons. The molecule has 0 spiro atoms. The molecular weight excluding hydrogens is 370 g/mol. The van der Waals surface area contributed by atoms with Crippen LogP contribution >= 0.6 is 0 Å². The summed E-state index contributed by atoms with van der Waals surface area (Å²) in [5.74, 6) is 0.795. The van der Waals surface area contributed by atoms with Gasteiger partial charge in [-0.25, -0.2) is 5.43 Å². The Morgan fingerprint density at radius 2 is 1.87 bits per heavy atom. The van der Waals surface area contributed by atoms with E-state index in [9.17, 15) is 4.79 Å². The predicted molar refractivity (Wildman–Crippen MR) is 124 cm³/mol. The minimum Gasteiger partial charge on any atom is -0.267 e. The second kappa shape index (κ2) is 8.62. The van der Waals surface area contributed by atoms with E-state index < -0.39 is 0 Å². The van der Waals surface area contributed by atoms with Crippen LogP contribution in [0.4, 0.5) is 0 Å². The molecule has 1 heterocycles. The van der Waals surface area contributed by atoms with Crippen LogP contribution in [0.15, 0.2) is 65.3 Å². The van der Waals surface area contributed by atoms with Crippen LogP contribution in [0.3, 0.4) is 0 Å². The number of carbonyl (C=O) groups is 1. The number of hydrazone groups is 1. The number of para-hydroxylation sites is 1. The standard InChI is InChI=1S/C26H27N3O/c1-17(2)20-10-8-19(9-11-20)14-18(3)16-27-29-26(30)23-15-25(21-12-13-21)28-24-7-5-4-6-22(23)24/h4-11,14-17,21H,12-13H2,1-3H3,(H,29,30)/b18-14+,27-16?. The highest BCUT2D eigenvalue weighted by Crippen LogP contribution is 2.40. The molecular formula is C26H27N3O.